The Kier molecular flexibility index (Phi) is 6.43. The highest BCUT2D eigenvalue weighted by Gasteiger charge is 2.14. The van der Waals surface area contributed by atoms with E-state index < -0.39 is 6.03 Å². The van der Waals surface area contributed by atoms with E-state index in [0.717, 1.165) is 17.9 Å². The van der Waals surface area contributed by atoms with Crippen LogP contribution >= 0.6 is 0 Å². The van der Waals surface area contributed by atoms with E-state index in [9.17, 15) is 10.0 Å². The van der Waals surface area contributed by atoms with Gasteiger partial charge in [-0.25, -0.2) is 14.8 Å². The SMILES string of the molecule is CCCCCCCCN(O)C(=O)n1ccnc1C. The molecule has 0 fully saturated rings. The minimum absolute atomic E-state index is 0.378. The van der Waals surface area contributed by atoms with Gasteiger partial charge in [0.05, 0.1) is 6.54 Å². The summed E-state index contributed by atoms with van der Waals surface area (Å²) in [5.41, 5.74) is 0. The lowest BCUT2D eigenvalue weighted by Gasteiger charge is -2.15. The molecule has 0 atom stereocenters. The van der Waals surface area contributed by atoms with Crippen LogP contribution in [0.2, 0.25) is 0 Å². The van der Waals surface area contributed by atoms with E-state index in [2.05, 4.69) is 11.9 Å². The quantitative estimate of drug-likeness (QED) is 0.461. The second-order valence-corrected chi connectivity index (χ2v) is 4.52. The van der Waals surface area contributed by atoms with Gasteiger partial charge in [0.1, 0.15) is 5.82 Å². The number of unbranched alkanes of at least 4 members (excludes halogenated alkanes) is 5. The summed E-state index contributed by atoms with van der Waals surface area (Å²) in [5.74, 6) is 0.585. The lowest BCUT2D eigenvalue weighted by Crippen LogP contribution is -2.32. The van der Waals surface area contributed by atoms with Crippen molar-refractivity contribution in [2.24, 2.45) is 0 Å². The number of hydrogen-bond donors (Lipinski definition) is 1. The van der Waals surface area contributed by atoms with Crippen molar-refractivity contribution < 1.29 is 10.0 Å². The van der Waals surface area contributed by atoms with Crippen molar-refractivity contribution in [3.8, 4) is 0 Å². The number of nitrogens with zero attached hydrogens (tertiary/aromatic N) is 3. The van der Waals surface area contributed by atoms with Crippen LogP contribution in [0.5, 0.6) is 0 Å². The van der Waals surface area contributed by atoms with Crippen molar-refractivity contribution in [1.82, 2.24) is 14.6 Å². The first-order valence-electron chi connectivity index (χ1n) is 6.67. The zero-order valence-electron chi connectivity index (χ0n) is 11.3. The molecule has 0 aliphatic rings. The molecule has 0 bridgehead atoms. The Bertz CT molecular complexity index is 363. The molecule has 1 aromatic rings. The molecule has 18 heavy (non-hydrogen) atoms. The van der Waals surface area contributed by atoms with Gasteiger partial charge in [-0.15, -0.1) is 0 Å². The fourth-order valence-electron chi connectivity index (χ4n) is 1.84. The third-order valence-corrected chi connectivity index (χ3v) is 2.98. The van der Waals surface area contributed by atoms with Crippen molar-refractivity contribution in [1.29, 1.82) is 0 Å². The number of hydrogen-bond acceptors (Lipinski definition) is 3. The number of aromatic nitrogens is 2. The van der Waals surface area contributed by atoms with Crippen molar-refractivity contribution >= 4 is 6.03 Å². The molecule has 0 saturated heterocycles. The van der Waals surface area contributed by atoms with Gasteiger partial charge in [-0.2, -0.15) is 0 Å². The first-order chi connectivity index (χ1) is 8.66. The molecule has 0 saturated carbocycles. The third-order valence-electron chi connectivity index (χ3n) is 2.98. The zero-order valence-corrected chi connectivity index (χ0v) is 11.3. The molecule has 0 radical (unpaired) electrons. The highest BCUT2D eigenvalue weighted by atomic mass is 16.5. The highest BCUT2D eigenvalue weighted by Crippen LogP contribution is 2.06. The number of carbonyl (C=O) groups excluding carboxylic acids is 1. The molecule has 5 nitrogen and oxygen atoms in total. The van der Waals surface area contributed by atoms with Crippen LogP contribution < -0.4 is 0 Å². The molecule has 1 rings (SSSR count). The maximum atomic E-state index is 11.8. The predicted octanol–water partition coefficient (Wildman–Crippen LogP) is 3.21. The van der Waals surface area contributed by atoms with Crippen LogP contribution in [0.25, 0.3) is 0 Å². The number of amides is 1. The van der Waals surface area contributed by atoms with Crippen molar-refractivity contribution in [2.75, 3.05) is 6.54 Å². The van der Waals surface area contributed by atoms with Gasteiger partial charge in [0.25, 0.3) is 0 Å². The molecular formula is C13H23N3O2. The zero-order chi connectivity index (χ0) is 13.4. The maximum absolute atomic E-state index is 11.8. The summed E-state index contributed by atoms with van der Waals surface area (Å²) in [5, 5.41) is 10.4. The molecule has 0 aliphatic carbocycles. The van der Waals surface area contributed by atoms with Crippen molar-refractivity contribution in [2.45, 2.75) is 52.4 Å². The molecule has 0 aliphatic heterocycles. The van der Waals surface area contributed by atoms with Crippen LogP contribution in [-0.4, -0.2) is 32.4 Å². The van der Waals surface area contributed by atoms with Crippen molar-refractivity contribution in [3.63, 3.8) is 0 Å². The van der Waals surface area contributed by atoms with Gasteiger partial charge in [0.15, 0.2) is 0 Å². The molecule has 1 aromatic heterocycles. The molecule has 0 aromatic carbocycles. The summed E-state index contributed by atoms with van der Waals surface area (Å²) in [6.45, 7) is 4.29. The van der Waals surface area contributed by atoms with E-state index in [4.69, 9.17) is 0 Å². The highest BCUT2D eigenvalue weighted by molar-refractivity contribution is 5.76. The second-order valence-electron chi connectivity index (χ2n) is 4.52. The molecule has 1 N–H and O–H groups in total. The largest absolute Gasteiger partial charge is 0.353 e. The van der Waals surface area contributed by atoms with E-state index in [1.54, 1.807) is 19.3 Å². The Morgan fingerprint density at radius 1 is 1.33 bits per heavy atom. The minimum Gasteiger partial charge on any atom is -0.284 e. The smallest absolute Gasteiger partial charge is 0.284 e. The van der Waals surface area contributed by atoms with Crippen LogP contribution in [0.3, 0.4) is 0 Å². The first kappa shape index (κ1) is 14.7. The normalized spacial score (nSPS) is 10.6. The predicted molar refractivity (Wildman–Crippen MR) is 69.6 cm³/mol. The van der Waals surface area contributed by atoms with Gasteiger partial charge < -0.3 is 0 Å². The Labute approximate surface area is 108 Å². The summed E-state index contributed by atoms with van der Waals surface area (Å²) < 4.78 is 1.34. The van der Waals surface area contributed by atoms with E-state index in [0.29, 0.717) is 12.4 Å². The average Bonchev–Trinajstić information content (AvgIpc) is 2.78. The molecule has 1 heterocycles. The Morgan fingerprint density at radius 3 is 2.61 bits per heavy atom. The Balaban J connectivity index is 2.23. The van der Waals surface area contributed by atoms with E-state index >= 15 is 0 Å². The molecule has 0 spiro atoms. The molecular weight excluding hydrogens is 230 g/mol. The van der Waals surface area contributed by atoms with E-state index in [1.807, 2.05) is 0 Å². The van der Waals surface area contributed by atoms with Gasteiger partial charge in [-0.1, -0.05) is 39.0 Å². The van der Waals surface area contributed by atoms with Crippen LogP contribution in [0.1, 0.15) is 51.3 Å². The molecule has 1 amide bonds. The average molecular weight is 253 g/mol. The van der Waals surface area contributed by atoms with Crippen LogP contribution in [0.15, 0.2) is 12.4 Å². The Morgan fingerprint density at radius 2 is 2.00 bits per heavy atom. The number of rotatable bonds is 7. The van der Waals surface area contributed by atoms with Gasteiger partial charge >= 0.3 is 6.03 Å². The standard InChI is InChI=1S/C13H23N3O2/c1-3-4-5-6-7-8-10-16(18)13(17)15-11-9-14-12(15)2/h9,11,18H,3-8,10H2,1-2H3. The fourth-order valence-corrected chi connectivity index (χ4v) is 1.84. The van der Waals surface area contributed by atoms with Gasteiger partial charge in [-0.05, 0) is 13.3 Å². The van der Waals surface area contributed by atoms with Crippen LogP contribution in [0.4, 0.5) is 4.79 Å². The van der Waals surface area contributed by atoms with Crippen molar-refractivity contribution in [3.05, 3.63) is 18.2 Å². The number of hydroxylamine groups is 2. The molecule has 102 valence electrons. The Hall–Kier alpha value is -1.36. The van der Waals surface area contributed by atoms with E-state index in [1.165, 1.54) is 30.3 Å². The summed E-state index contributed by atoms with van der Waals surface area (Å²) in [4.78, 5) is 15.7. The summed E-state index contributed by atoms with van der Waals surface area (Å²) >= 11 is 0. The lowest BCUT2D eigenvalue weighted by molar-refractivity contribution is -0.0438. The van der Waals surface area contributed by atoms with Crippen LogP contribution in [-0.2, 0) is 0 Å². The number of imidazole rings is 1. The second kappa shape index (κ2) is 7.87. The molecule has 5 heteroatoms. The number of aryl methyl sites for hydroxylation is 1. The fraction of sp³-hybridized carbons (Fsp3) is 0.692. The number of carbonyl (C=O) groups is 1. The van der Waals surface area contributed by atoms with Gasteiger partial charge in [-0.3, -0.25) is 9.77 Å². The maximum Gasteiger partial charge on any atom is 0.353 e. The summed E-state index contributed by atoms with van der Waals surface area (Å²) in [6.07, 6.45) is 9.87. The molecule has 0 unspecified atom stereocenters. The first-order valence-corrected chi connectivity index (χ1v) is 6.67. The third kappa shape index (κ3) is 4.49. The van der Waals surface area contributed by atoms with Gasteiger partial charge in [0.2, 0.25) is 0 Å². The topological polar surface area (TPSA) is 58.4 Å². The lowest BCUT2D eigenvalue weighted by atomic mass is 10.1. The summed E-state index contributed by atoms with van der Waals surface area (Å²) in [6, 6.07) is -0.432. The minimum atomic E-state index is -0.432. The monoisotopic (exact) mass is 253 g/mol. The van der Waals surface area contributed by atoms with Gasteiger partial charge in [0, 0.05) is 12.4 Å². The summed E-state index contributed by atoms with van der Waals surface area (Å²) in [7, 11) is 0. The van der Waals surface area contributed by atoms with E-state index in [-0.39, 0.29) is 0 Å². The van der Waals surface area contributed by atoms with Crippen LogP contribution in [0, 0.1) is 6.92 Å².